The zero-order chi connectivity index (χ0) is 22.4. The molecule has 2 N–H and O–H groups in total. The lowest BCUT2D eigenvalue weighted by molar-refractivity contribution is -0.138. The van der Waals surface area contributed by atoms with E-state index in [-0.39, 0.29) is 12.8 Å². The van der Waals surface area contributed by atoms with E-state index in [1.54, 1.807) is 6.92 Å². The Kier molecular flexibility index (Phi) is 7.51. The molecule has 6 nitrogen and oxygen atoms in total. The van der Waals surface area contributed by atoms with Crippen LogP contribution in [-0.2, 0) is 17.6 Å². The Morgan fingerprint density at radius 3 is 2.71 bits per heavy atom. The monoisotopic (exact) mass is 432 g/mol. The van der Waals surface area contributed by atoms with Crippen molar-refractivity contribution in [3.63, 3.8) is 0 Å². The molecule has 0 aliphatic carbocycles. The normalized spacial score (nSPS) is 14.6. The molecule has 8 heteroatoms. The van der Waals surface area contributed by atoms with Crippen LogP contribution in [0.4, 0.5) is 14.6 Å². The standard InChI is InChI=1S/C23H30F2N4O2/c1-15-10-17-6-5-9-26-22(17)29-20(15)7-3-4-8-23(24,25)12-18(11-21(30)31)19-13-27-16(2)28-14-19/h10,13-14,18H,3-9,11-12H2,1-2H3,(H,26,29)(H,30,31)/t18-/m1/s1. The number of halogens is 2. The van der Waals surface area contributed by atoms with Crippen LogP contribution >= 0.6 is 0 Å². The van der Waals surface area contributed by atoms with Gasteiger partial charge in [0.25, 0.3) is 0 Å². The average molecular weight is 433 g/mol. The predicted octanol–water partition coefficient (Wildman–Crippen LogP) is 4.84. The number of unbranched alkanes of at least 4 members (excludes halogenated alkanes) is 1. The van der Waals surface area contributed by atoms with Crippen LogP contribution in [0, 0.1) is 13.8 Å². The number of anilines is 1. The molecular formula is C23H30F2N4O2. The van der Waals surface area contributed by atoms with Gasteiger partial charge in [-0.25, -0.2) is 23.7 Å². The van der Waals surface area contributed by atoms with Gasteiger partial charge in [0.05, 0.1) is 6.42 Å². The van der Waals surface area contributed by atoms with Gasteiger partial charge < -0.3 is 10.4 Å². The van der Waals surface area contributed by atoms with Crippen molar-refractivity contribution < 1.29 is 18.7 Å². The van der Waals surface area contributed by atoms with Crippen LogP contribution in [-0.4, -0.2) is 38.5 Å². The summed E-state index contributed by atoms with van der Waals surface area (Å²) in [5.74, 6) is -3.43. The number of pyridine rings is 1. The first kappa shape index (κ1) is 23.0. The number of hydrogen-bond acceptors (Lipinski definition) is 5. The Hall–Kier alpha value is -2.64. The van der Waals surface area contributed by atoms with Crippen molar-refractivity contribution in [2.45, 2.75) is 77.1 Å². The van der Waals surface area contributed by atoms with Crippen molar-refractivity contribution in [3.8, 4) is 0 Å². The predicted molar refractivity (Wildman–Crippen MR) is 115 cm³/mol. The summed E-state index contributed by atoms with van der Waals surface area (Å²) in [6, 6.07) is 2.15. The van der Waals surface area contributed by atoms with Gasteiger partial charge in [-0.1, -0.05) is 6.07 Å². The number of aryl methyl sites for hydroxylation is 4. The van der Waals surface area contributed by atoms with E-state index in [2.05, 4.69) is 21.4 Å². The smallest absolute Gasteiger partial charge is 0.303 e. The molecule has 0 spiro atoms. The minimum absolute atomic E-state index is 0.280. The van der Waals surface area contributed by atoms with Gasteiger partial charge >= 0.3 is 5.97 Å². The highest BCUT2D eigenvalue weighted by Gasteiger charge is 2.34. The van der Waals surface area contributed by atoms with Gasteiger partial charge in [-0.3, -0.25) is 4.79 Å². The van der Waals surface area contributed by atoms with Gasteiger partial charge in [0.2, 0.25) is 5.92 Å². The van der Waals surface area contributed by atoms with Gasteiger partial charge in [0.1, 0.15) is 11.6 Å². The van der Waals surface area contributed by atoms with E-state index in [0.29, 0.717) is 30.7 Å². The summed E-state index contributed by atoms with van der Waals surface area (Å²) in [6.07, 6.45) is 5.46. The van der Waals surface area contributed by atoms with E-state index in [1.165, 1.54) is 18.0 Å². The second-order valence-corrected chi connectivity index (χ2v) is 8.42. The lowest BCUT2D eigenvalue weighted by Gasteiger charge is -2.23. The number of fused-ring (bicyclic) bond motifs is 1. The largest absolute Gasteiger partial charge is 0.481 e. The lowest BCUT2D eigenvalue weighted by Crippen LogP contribution is -2.22. The van der Waals surface area contributed by atoms with Gasteiger partial charge in [-0.05, 0) is 62.6 Å². The molecular weight excluding hydrogens is 402 g/mol. The molecule has 31 heavy (non-hydrogen) atoms. The number of aliphatic carboxylic acids is 1. The number of hydrogen-bond donors (Lipinski definition) is 2. The number of aromatic nitrogens is 3. The van der Waals surface area contributed by atoms with Crippen LogP contribution in [0.2, 0.25) is 0 Å². The van der Waals surface area contributed by atoms with Crippen molar-refractivity contribution >= 4 is 11.8 Å². The SMILES string of the molecule is Cc1ncc([C@H](CC(=O)O)CC(F)(F)CCCCc2nc3c(cc2C)CCCN3)cn1. The minimum atomic E-state index is -2.95. The number of carbonyl (C=O) groups is 1. The Balaban J connectivity index is 1.55. The molecule has 2 aromatic rings. The number of alkyl halides is 2. The minimum Gasteiger partial charge on any atom is -0.481 e. The van der Waals surface area contributed by atoms with Crippen LogP contribution in [0.5, 0.6) is 0 Å². The van der Waals surface area contributed by atoms with Crippen LogP contribution in [0.1, 0.15) is 72.7 Å². The fourth-order valence-corrected chi connectivity index (χ4v) is 4.06. The molecule has 0 bridgehead atoms. The zero-order valence-electron chi connectivity index (χ0n) is 18.1. The number of nitrogens with zero attached hydrogens (tertiary/aromatic N) is 3. The number of nitrogens with one attached hydrogen (secondary N) is 1. The maximum atomic E-state index is 14.7. The molecule has 1 atom stereocenters. The molecule has 0 saturated heterocycles. The molecule has 0 unspecified atom stereocenters. The van der Waals surface area contributed by atoms with E-state index in [1.807, 2.05) is 6.92 Å². The Morgan fingerprint density at radius 1 is 1.26 bits per heavy atom. The molecule has 0 amide bonds. The number of carboxylic acids is 1. The molecule has 1 aliphatic rings. The summed E-state index contributed by atoms with van der Waals surface area (Å²) in [5, 5.41) is 12.5. The molecule has 3 rings (SSSR count). The first-order valence-corrected chi connectivity index (χ1v) is 10.8. The molecule has 0 fully saturated rings. The van der Waals surface area contributed by atoms with Gasteiger partial charge in [0, 0.05) is 43.4 Å². The summed E-state index contributed by atoms with van der Waals surface area (Å²) in [4.78, 5) is 23.9. The molecule has 2 aromatic heterocycles. The maximum Gasteiger partial charge on any atom is 0.303 e. The van der Waals surface area contributed by atoms with E-state index >= 15 is 0 Å². The Labute approximate surface area is 181 Å². The lowest BCUT2D eigenvalue weighted by atomic mass is 9.89. The first-order chi connectivity index (χ1) is 14.7. The third kappa shape index (κ3) is 6.67. The van der Waals surface area contributed by atoms with Gasteiger partial charge in [-0.15, -0.1) is 0 Å². The highest BCUT2D eigenvalue weighted by atomic mass is 19.3. The van der Waals surface area contributed by atoms with Crippen molar-refractivity contribution in [2.75, 3.05) is 11.9 Å². The van der Waals surface area contributed by atoms with Crippen LogP contribution < -0.4 is 5.32 Å². The van der Waals surface area contributed by atoms with Crippen LogP contribution in [0.25, 0.3) is 0 Å². The maximum absolute atomic E-state index is 14.7. The molecule has 0 radical (unpaired) electrons. The van der Waals surface area contributed by atoms with E-state index in [9.17, 15) is 13.6 Å². The van der Waals surface area contributed by atoms with Crippen molar-refractivity contribution in [1.82, 2.24) is 15.0 Å². The highest BCUT2D eigenvalue weighted by Crippen LogP contribution is 2.35. The van der Waals surface area contributed by atoms with E-state index in [4.69, 9.17) is 10.1 Å². The van der Waals surface area contributed by atoms with Crippen molar-refractivity contribution in [2.24, 2.45) is 0 Å². The van der Waals surface area contributed by atoms with Gasteiger partial charge in [0.15, 0.2) is 0 Å². The molecule has 0 saturated carbocycles. The van der Waals surface area contributed by atoms with Gasteiger partial charge in [-0.2, -0.15) is 0 Å². The van der Waals surface area contributed by atoms with E-state index in [0.717, 1.165) is 36.5 Å². The van der Waals surface area contributed by atoms with Crippen molar-refractivity contribution in [1.29, 1.82) is 0 Å². The second kappa shape index (κ2) is 10.1. The molecule has 1 aliphatic heterocycles. The van der Waals surface area contributed by atoms with E-state index < -0.39 is 24.2 Å². The van der Waals surface area contributed by atoms with Crippen LogP contribution in [0.3, 0.4) is 0 Å². The Bertz CT molecular complexity index is 903. The number of carboxylic acid groups (broad SMARTS) is 1. The molecule has 0 aromatic carbocycles. The third-order valence-electron chi connectivity index (χ3n) is 5.76. The first-order valence-electron chi connectivity index (χ1n) is 10.8. The topological polar surface area (TPSA) is 88.0 Å². The van der Waals surface area contributed by atoms with Crippen LogP contribution in [0.15, 0.2) is 18.5 Å². The summed E-state index contributed by atoms with van der Waals surface area (Å²) >= 11 is 0. The molecule has 3 heterocycles. The Morgan fingerprint density at radius 2 is 2.00 bits per heavy atom. The highest BCUT2D eigenvalue weighted by molar-refractivity contribution is 5.68. The summed E-state index contributed by atoms with van der Waals surface area (Å²) in [7, 11) is 0. The fourth-order valence-electron chi connectivity index (χ4n) is 4.06. The second-order valence-electron chi connectivity index (χ2n) is 8.42. The summed E-state index contributed by atoms with van der Waals surface area (Å²) in [6.45, 7) is 4.63. The summed E-state index contributed by atoms with van der Waals surface area (Å²) < 4.78 is 29.3. The third-order valence-corrected chi connectivity index (χ3v) is 5.76. The fraction of sp³-hybridized carbons (Fsp3) is 0.565. The molecule has 168 valence electrons. The average Bonchev–Trinajstić information content (AvgIpc) is 2.71. The summed E-state index contributed by atoms with van der Waals surface area (Å²) in [5.41, 5.74) is 3.73. The number of rotatable bonds is 10. The quantitative estimate of drug-likeness (QED) is 0.522. The van der Waals surface area contributed by atoms with Crippen molar-refractivity contribution in [3.05, 3.63) is 46.7 Å². The zero-order valence-corrected chi connectivity index (χ0v) is 18.1.